The first-order chi connectivity index (χ1) is 12.4. The Kier molecular flexibility index (Phi) is 6.48. The molecule has 26 heavy (non-hydrogen) atoms. The molecule has 0 N–H and O–H groups in total. The molecule has 8 heteroatoms. The van der Waals surface area contributed by atoms with Gasteiger partial charge in [0.2, 0.25) is 0 Å². The van der Waals surface area contributed by atoms with Crippen molar-refractivity contribution in [1.29, 1.82) is 0 Å². The topological polar surface area (TPSA) is 71.1 Å². The maximum atomic E-state index is 12.3. The van der Waals surface area contributed by atoms with Crippen molar-refractivity contribution in [2.24, 2.45) is 0 Å². The third-order valence-corrected chi connectivity index (χ3v) is 3.33. The summed E-state index contributed by atoms with van der Waals surface area (Å²) < 4.78 is 43.7. The molecule has 0 amide bonds. The van der Waals surface area contributed by atoms with E-state index >= 15 is 0 Å². The van der Waals surface area contributed by atoms with E-state index in [-0.39, 0.29) is 23.7 Å². The van der Waals surface area contributed by atoms with E-state index in [0.29, 0.717) is 11.1 Å². The standard InChI is InChI=1S/C18H16F2O6/c1-23-15-9-13(6-7-14(15)26-18(19)20)17(22)25-10-11-4-3-5-12(8-11)16(21)24-2/h3-9,18H,10H2,1-2H3. The third-order valence-electron chi connectivity index (χ3n) is 3.33. The summed E-state index contributed by atoms with van der Waals surface area (Å²) in [6, 6.07) is 10.1. The zero-order valence-corrected chi connectivity index (χ0v) is 14.0. The molecule has 0 aliphatic rings. The monoisotopic (exact) mass is 366 g/mol. The van der Waals surface area contributed by atoms with Crippen molar-refractivity contribution in [2.75, 3.05) is 14.2 Å². The number of halogens is 2. The van der Waals surface area contributed by atoms with Gasteiger partial charge in [-0.2, -0.15) is 8.78 Å². The number of benzene rings is 2. The van der Waals surface area contributed by atoms with Gasteiger partial charge in [0.1, 0.15) is 6.61 Å². The minimum atomic E-state index is -3.01. The molecule has 2 rings (SSSR count). The molecule has 2 aromatic carbocycles. The first-order valence-electron chi connectivity index (χ1n) is 7.42. The van der Waals surface area contributed by atoms with E-state index in [0.717, 1.165) is 0 Å². The fourth-order valence-corrected chi connectivity index (χ4v) is 2.13. The van der Waals surface area contributed by atoms with Crippen LogP contribution >= 0.6 is 0 Å². The van der Waals surface area contributed by atoms with Crippen LogP contribution in [0.5, 0.6) is 11.5 Å². The van der Waals surface area contributed by atoms with Crippen molar-refractivity contribution in [3.05, 3.63) is 59.2 Å². The zero-order chi connectivity index (χ0) is 19.1. The lowest BCUT2D eigenvalue weighted by molar-refractivity contribution is -0.0512. The molecule has 0 bridgehead atoms. The second kappa shape index (κ2) is 8.80. The van der Waals surface area contributed by atoms with Crippen LogP contribution in [0.1, 0.15) is 26.3 Å². The van der Waals surface area contributed by atoms with E-state index in [9.17, 15) is 18.4 Å². The first-order valence-corrected chi connectivity index (χ1v) is 7.42. The minimum Gasteiger partial charge on any atom is -0.493 e. The van der Waals surface area contributed by atoms with Crippen molar-refractivity contribution in [2.45, 2.75) is 13.2 Å². The molecule has 138 valence electrons. The van der Waals surface area contributed by atoms with Crippen LogP contribution < -0.4 is 9.47 Å². The summed E-state index contributed by atoms with van der Waals surface area (Å²) in [4.78, 5) is 23.6. The van der Waals surface area contributed by atoms with Crippen LogP contribution in [0.15, 0.2) is 42.5 Å². The summed E-state index contributed by atoms with van der Waals surface area (Å²) in [6.45, 7) is -3.09. The van der Waals surface area contributed by atoms with Gasteiger partial charge in [0.05, 0.1) is 25.3 Å². The fourth-order valence-electron chi connectivity index (χ4n) is 2.13. The number of alkyl halides is 2. The van der Waals surface area contributed by atoms with Gasteiger partial charge in [-0.25, -0.2) is 9.59 Å². The lowest BCUT2D eigenvalue weighted by Gasteiger charge is -2.11. The van der Waals surface area contributed by atoms with E-state index in [4.69, 9.17) is 9.47 Å². The highest BCUT2D eigenvalue weighted by molar-refractivity contribution is 5.90. The molecule has 0 spiro atoms. The Hall–Kier alpha value is -3.16. The molecular weight excluding hydrogens is 350 g/mol. The second-order valence-corrected chi connectivity index (χ2v) is 5.01. The lowest BCUT2D eigenvalue weighted by Crippen LogP contribution is -2.08. The fraction of sp³-hybridized carbons (Fsp3) is 0.222. The maximum Gasteiger partial charge on any atom is 0.387 e. The number of esters is 2. The molecule has 0 saturated carbocycles. The van der Waals surface area contributed by atoms with Gasteiger partial charge in [0.15, 0.2) is 11.5 Å². The van der Waals surface area contributed by atoms with Crippen LogP contribution in [0.4, 0.5) is 8.78 Å². The SMILES string of the molecule is COC(=O)c1cccc(COC(=O)c2ccc(OC(F)F)c(OC)c2)c1. The minimum absolute atomic E-state index is 0.0209. The Labute approximate surface area is 148 Å². The molecule has 6 nitrogen and oxygen atoms in total. The highest BCUT2D eigenvalue weighted by atomic mass is 19.3. The predicted molar refractivity (Wildman–Crippen MR) is 86.5 cm³/mol. The smallest absolute Gasteiger partial charge is 0.387 e. The van der Waals surface area contributed by atoms with Gasteiger partial charge in [-0.3, -0.25) is 0 Å². The molecule has 0 aliphatic heterocycles. The molecule has 0 heterocycles. The molecule has 0 atom stereocenters. The Morgan fingerprint density at radius 1 is 0.962 bits per heavy atom. The number of rotatable bonds is 7. The van der Waals surface area contributed by atoms with Gasteiger partial charge in [-0.1, -0.05) is 12.1 Å². The van der Waals surface area contributed by atoms with Crippen molar-refractivity contribution in [1.82, 2.24) is 0 Å². The van der Waals surface area contributed by atoms with Crippen LogP contribution in [-0.2, 0) is 16.1 Å². The average Bonchev–Trinajstić information content (AvgIpc) is 2.65. The van der Waals surface area contributed by atoms with Gasteiger partial charge in [0, 0.05) is 0 Å². The van der Waals surface area contributed by atoms with Crippen LogP contribution in [0.25, 0.3) is 0 Å². The molecule has 0 fully saturated rings. The summed E-state index contributed by atoms with van der Waals surface area (Å²) in [6.07, 6.45) is 0. The van der Waals surface area contributed by atoms with E-state index in [1.54, 1.807) is 24.3 Å². The van der Waals surface area contributed by atoms with Crippen LogP contribution in [0.3, 0.4) is 0 Å². The van der Waals surface area contributed by atoms with Crippen LogP contribution in [0.2, 0.25) is 0 Å². The van der Waals surface area contributed by atoms with E-state index < -0.39 is 18.6 Å². The molecular formula is C18H16F2O6. The third kappa shape index (κ3) is 4.92. The van der Waals surface area contributed by atoms with Gasteiger partial charge in [-0.05, 0) is 35.9 Å². The van der Waals surface area contributed by atoms with E-state index in [1.165, 1.54) is 32.4 Å². The summed E-state index contributed by atoms with van der Waals surface area (Å²) >= 11 is 0. The Bertz CT molecular complexity index is 791. The van der Waals surface area contributed by atoms with Gasteiger partial charge in [-0.15, -0.1) is 0 Å². The number of carbonyl (C=O) groups excluding carboxylic acids is 2. The van der Waals surface area contributed by atoms with Crippen molar-refractivity contribution in [3.63, 3.8) is 0 Å². The van der Waals surface area contributed by atoms with Gasteiger partial charge < -0.3 is 18.9 Å². The summed E-state index contributed by atoms with van der Waals surface area (Å²) in [5.74, 6) is -1.40. The largest absolute Gasteiger partial charge is 0.493 e. The molecule has 0 radical (unpaired) electrons. The van der Waals surface area contributed by atoms with Crippen molar-refractivity contribution >= 4 is 11.9 Å². The van der Waals surface area contributed by atoms with Gasteiger partial charge in [0.25, 0.3) is 0 Å². The number of methoxy groups -OCH3 is 2. The normalized spacial score (nSPS) is 10.3. The summed E-state index contributed by atoms with van der Waals surface area (Å²) in [5, 5.41) is 0. The summed E-state index contributed by atoms with van der Waals surface area (Å²) in [7, 11) is 2.53. The van der Waals surface area contributed by atoms with Crippen LogP contribution in [0, 0.1) is 0 Å². The number of carbonyl (C=O) groups is 2. The molecule has 0 saturated heterocycles. The summed E-state index contributed by atoms with van der Waals surface area (Å²) in [5.41, 5.74) is 1.02. The quantitative estimate of drug-likeness (QED) is 0.699. The molecule has 0 unspecified atom stereocenters. The Balaban J connectivity index is 2.07. The van der Waals surface area contributed by atoms with E-state index in [1.807, 2.05) is 0 Å². The number of ether oxygens (including phenoxy) is 4. The highest BCUT2D eigenvalue weighted by Gasteiger charge is 2.15. The number of hydrogen-bond acceptors (Lipinski definition) is 6. The second-order valence-electron chi connectivity index (χ2n) is 5.01. The average molecular weight is 366 g/mol. The zero-order valence-electron chi connectivity index (χ0n) is 14.0. The predicted octanol–water partition coefficient (Wildman–Crippen LogP) is 3.44. The lowest BCUT2D eigenvalue weighted by atomic mass is 10.1. The Morgan fingerprint density at radius 2 is 1.69 bits per heavy atom. The van der Waals surface area contributed by atoms with Crippen molar-refractivity contribution in [3.8, 4) is 11.5 Å². The van der Waals surface area contributed by atoms with Crippen molar-refractivity contribution < 1.29 is 37.3 Å². The first kappa shape index (κ1) is 19.2. The highest BCUT2D eigenvalue weighted by Crippen LogP contribution is 2.29. The molecule has 2 aromatic rings. The molecule has 0 aromatic heterocycles. The number of hydrogen-bond donors (Lipinski definition) is 0. The Morgan fingerprint density at radius 3 is 2.35 bits per heavy atom. The van der Waals surface area contributed by atoms with Crippen LogP contribution in [-0.4, -0.2) is 32.8 Å². The van der Waals surface area contributed by atoms with E-state index in [2.05, 4.69) is 9.47 Å². The maximum absolute atomic E-state index is 12.3. The molecule has 0 aliphatic carbocycles. The van der Waals surface area contributed by atoms with Gasteiger partial charge >= 0.3 is 18.6 Å².